The molecule has 1 heterocycles. The van der Waals surface area contributed by atoms with Crippen molar-refractivity contribution in [2.45, 2.75) is 18.9 Å². The lowest BCUT2D eigenvalue weighted by Crippen LogP contribution is -2.45. The number of rotatable bonds is 4. The van der Waals surface area contributed by atoms with Gasteiger partial charge in [0.1, 0.15) is 5.82 Å². The molecule has 1 N–H and O–H groups in total. The summed E-state index contributed by atoms with van der Waals surface area (Å²) in [5.41, 5.74) is 0.186. The van der Waals surface area contributed by atoms with E-state index in [1.54, 1.807) is 6.07 Å². The minimum atomic E-state index is -2.49. The molecule has 0 radical (unpaired) electrons. The highest BCUT2D eigenvalue weighted by Crippen LogP contribution is 2.34. The number of hydrogen-bond acceptors (Lipinski definition) is 2. The summed E-state index contributed by atoms with van der Waals surface area (Å²) in [6.45, 7) is 2.65. The van der Waals surface area contributed by atoms with Crippen LogP contribution in [0.25, 0.3) is 0 Å². The highest BCUT2D eigenvalue weighted by molar-refractivity contribution is 6.31. The predicted octanol–water partition coefficient (Wildman–Crippen LogP) is 3.08. The second kappa shape index (κ2) is 6.59. The number of halogens is 4. The molecule has 0 unspecified atom stereocenters. The van der Waals surface area contributed by atoms with Gasteiger partial charge in [0, 0.05) is 49.2 Å². The van der Waals surface area contributed by atoms with Crippen molar-refractivity contribution in [3.63, 3.8) is 0 Å². The Hall–Kier alpha value is -0.780. The van der Waals surface area contributed by atoms with Crippen molar-refractivity contribution >= 4 is 11.6 Å². The van der Waals surface area contributed by atoms with Gasteiger partial charge < -0.3 is 5.32 Å². The summed E-state index contributed by atoms with van der Waals surface area (Å²) in [5, 5.41) is 3.36. The molecule has 0 aliphatic carbocycles. The Morgan fingerprint density at radius 1 is 1.26 bits per heavy atom. The van der Waals surface area contributed by atoms with Crippen LogP contribution in [0.3, 0.4) is 0 Å². The van der Waals surface area contributed by atoms with E-state index in [0.717, 1.165) is 0 Å². The molecule has 19 heavy (non-hydrogen) atoms. The van der Waals surface area contributed by atoms with Crippen molar-refractivity contribution in [2.24, 2.45) is 0 Å². The van der Waals surface area contributed by atoms with Gasteiger partial charge >= 0.3 is 0 Å². The van der Waals surface area contributed by atoms with E-state index in [0.29, 0.717) is 26.2 Å². The van der Waals surface area contributed by atoms with Gasteiger partial charge in [-0.15, -0.1) is 0 Å². The molecule has 1 aromatic carbocycles. The number of nitrogens with one attached hydrogen (secondary N) is 1. The predicted molar refractivity (Wildman–Crippen MR) is 69.2 cm³/mol. The van der Waals surface area contributed by atoms with Gasteiger partial charge in [0.2, 0.25) is 6.43 Å². The van der Waals surface area contributed by atoms with Crippen LogP contribution >= 0.6 is 11.6 Å². The quantitative estimate of drug-likeness (QED) is 0.917. The molecule has 0 amide bonds. The third-order valence-electron chi connectivity index (χ3n) is 3.33. The van der Waals surface area contributed by atoms with Crippen molar-refractivity contribution in [1.29, 1.82) is 0 Å². The molecule has 0 aromatic heterocycles. The Kier molecular flexibility index (Phi) is 5.07. The number of benzene rings is 1. The summed E-state index contributed by atoms with van der Waals surface area (Å²) in [7, 11) is 0. The zero-order valence-corrected chi connectivity index (χ0v) is 11.1. The first kappa shape index (κ1) is 14.6. The van der Waals surface area contributed by atoms with Gasteiger partial charge in [-0.1, -0.05) is 17.7 Å². The summed E-state index contributed by atoms with van der Waals surface area (Å²) in [6, 6.07) is 3.62. The van der Waals surface area contributed by atoms with Crippen LogP contribution in [-0.2, 0) is 0 Å². The summed E-state index contributed by atoms with van der Waals surface area (Å²) in [5.74, 6) is -0.517. The lowest BCUT2D eigenvalue weighted by atomic mass is 10.0. The molecule has 0 spiro atoms. The van der Waals surface area contributed by atoms with E-state index in [-0.39, 0.29) is 10.6 Å². The molecule has 1 aliphatic rings. The third-order valence-corrected chi connectivity index (χ3v) is 3.66. The van der Waals surface area contributed by atoms with Gasteiger partial charge in [-0.3, -0.25) is 4.90 Å². The van der Waals surface area contributed by atoms with Crippen LogP contribution in [0.4, 0.5) is 13.2 Å². The highest BCUT2D eigenvalue weighted by atomic mass is 35.5. The normalized spacial score (nSPS) is 18.8. The van der Waals surface area contributed by atoms with Gasteiger partial charge in [-0.25, -0.2) is 13.2 Å². The van der Waals surface area contributed by atoms with Gasteiger partial charge in [0.05, 0.1) is 0 Å². The van der Waals surface area contributed by atoms with Crippen LogP contribution in [0.1, 0.15) is 18.0 Å². The van der Waals surface area contributed by atoms with Crippen molar-refractivity contribution in [3.05, 3.63) is 34.6 Å². The monoisotopic (exact) mass is 292 g/mol. The first-order valence-electron chi connectivity index (χ1n) is 6.26. The van der Waals surface area contributed by atoms with E-state index in [4.69, 9.17) is 11.6 Å². The second-order valence-electron chi connectivity index (χ2n) is 4.56. The second-order valence-corrected chi connectivity index (χ2v) is 4.97. The summed E-state index contributed by atoms with van der Waals surface area (Å²) in [4.78, 5) is 1.87. The van der Waals surface area contributed by atoms with Crippen LogP contribution in [0, 0.1) is 5.82 Å². The first-order chi connectivity index (χ1) is 9.09. The van der Waals surface area contributed by atoms with Crippen molar-refractivity contribution < 1.29 is 13.2 Å². The zero-order chi connectivity index (χ0) is 13.8. The Labute approximate surface area is 115 Å². The molecular formula is C13H16ClF3N2. The molecule has 1 aromatic rings. The van der Waals surface area contributed by atoms with E-state index < -0.39 is 24.7 Å². The van der Waals surface area contributed by atoms with Crippen molar-refractivity contribution in [3.8, 4) is 0 Å². The number of nitrogens with zero attached hydrogens (tertiary/aromatic N) is 1. The van der Waals surface area contributed by atoms with Crippen LogP contribution in [0.15, 0.2) is 18.2 Å². The van der Waals surface area contributed by atoms with E-state index in [2.05, 4.69) is 5.32 Å². The minimum Gasteiger partial charge on any atom is -0.314 e. The Balaban J connectivity index is 2.30. The molecule has 6 heteroatoms. The average molecular weight is 293 g/mol. The topological polar surface area (TPSA) is 15.3 Å². The van der Waals surface area contributed by atoms with E-state index in [1.807, 2.05) is 4.90 Å². The lowest BCUT2D eigenvalue weighted by molar-refractivity contribution is 0.0726. The number of alkyl halides is 2. The van der Waals surface area contributed by atoms with Gasteiger partial charge in [0.25, 0.3) is 0 Å². The largest absolute Gasteiger partial charge is 0.314 e. The van der Waals surface area contributed by atoms with Crippen molar-refractivity contribution in [2.75, 3.05) is 26.2 Å². The van der Waals surface area contributed by atoms with Crippen LogP contribution < -0.4 is 5.32 Å². The minimum absolute atomic E-state index is 0.186. The maximum Gasteiger partial charge on any atom is 0.240 e. The Morgan fingerprint density at radius 2 is 1.95 bits per heavy atom. The van der Waals surface area contributed by atoms with Crippen LogP contribution in [0.5, 0.6) is 0 Å². The standard InChI is InChI=1S/C13H16ClF3N2/c14-9-2-1-3-10(15)13(9)11(8-12(16)17)19-6-4-18-5-7-19/h1-3,11-12,18H,4-8H2/t11-/m0/s1. The first-order valence-corrected chi connectivity index (χ1v) is 6.64. The fraction of sp³-hybridized carbons (Fsp3) is 0.538. The molecule has 1 fully saturated rings. The molecular weight excluding hydrogens is 277 g/mol. The summed E-state index contributed by atoms with van der Waals surface area (Å²) >= 11 is 6.00. The molecule has 2 nitrogen and oxygen atoms in total. The SMILES string of the molecule is Fc1cccc(Cl)c1[C@H](CC(F)F)N1CCNCC1. The van der Waals surface area contributed by atoms with Crippen molar-refractivity contribution in [1.82, 2.24) is 10.2 Å². The van der Waals surface area contributed by atoms with Gasteiger partial charge in [-0.05, 0) is 12.1 Å². The zero-order valence-electron chi connectivity index (χ0n) is 10.4. The maximum absolute atomic E-state index is 13.9. The Morgan fingerprint density at radius 3 is 2.53 bits per heavy atom. The van der Waals surface area contributed by atoms with Gasteiger partial charge in [0.15, 0.2) is 0 Å². The molecule has 0 saturated carbocycles. The van der Waals surface area contributed by atoms with E-state index in [1.165, 1.54) is 12.1 Å². The third kappa shape index (κ3) is 3.61. The maximum atomic E-state index is 13.9. The van der Waals surface area contributed by atoms with E-state index >= 15 is 0 Å². The fourth-order valence-corrected chi connectivity index (χ4v) is 2.73. The highest BCUT2D eigenvalue weighted by Gasteiger charge is 2.29. The lowest BCUT2D eigenvalue weighted by Gasteiger charge is -2.35. The summed E-state index contributed by atoms with van der Waals surface area (Å²) < 4.78 is 39.5. The van der Waals surface area contributed by atoms with E-state index in [9.17, 15) is 13.2 Å². The Bertz CT molecular complexity index is 402. The number of hydrogen-bond donors (Lipinski definition) is 1. The molecule has 2 rings (SSSR count). The smallest absolute Gasteiger partial charge is 0.240 e. The molecule has 0 bridgehead atoms. The van der Waals surface area contributed by atoms with Crippen LogP contribution in [0.2, 0.25) is 5.02 Å². The number of piperazine rings is 1. The molecule has 1 saturated heterocycles. The van der Waals surface area contributed by atoms with Gasteiger partial charge in [-0.2, -0.15) is 0 Å². The molecule has 106 valence electrons. The fourth-order valence-electron chi connectivity index (χ4n) is 2.44. The average Bonchev–Trinajstić information content (AvgIpc) is 2.38. The molecule has 1 aliphatic heterocycles. The molecule has 1 atom stereocenters. The summed E-state index contributed by atoms with van der Waals surface area (Å²) in [6.07, 6.45) is -2.89. The van der Waals surface area contributed by atoms with Crippen LogP contribution in [-0.4, -0.2) is 37.5 Å².